The highest BCUT2D eigenvalue weighted by Gasteiger charge is 2.14. The number of benzene rings is 2. The summed E-state index contributed by atoms with van der Waals surface area (Å²) < 4.78 is 16.3. The lowest BCUT2D eigenvalue weighted by Gasteiger charge is -2.10. The summed E-state index contributed by atoms with van der Waals surface area (Å²) >= 11 is 0. The first kappa shape index (κ1) is 14.0. The van der Waals surface area contributed by atoms with E-state index >= 15 is 0 Å². The number of carbonyl (C=O) groups is 1. The van der Waals surface area contributed by atoms with Crippen LogP contribution in [0.25, 0.3) is 11.0 Å². The maximum atomic E-state index is 11.0. The number of ether oxygens (including phenoxy) is 2. The zero-order valence-corrected chi connectivity index (χ0v) is 11.9. The normalized spacial score (nSPS) is 10.6. The third kappa shape index (κ3) is 2.74. The lowest BCUT2D eigenvalue weighted by molar-refractivity contribution is 0.0665. The number of hydrogen-bond acceptors (Lipinski definition) is 4. The Morgan fingerprint density at radius 3 is 2.59 bits per heavy atom. The average Bonchev–Trinajstić information content (AvgIpc) is 2.96. The molecule has 0 saturated heterocycles. The van der Waals surface area contributed by atoms with Gasteiger partial charge in [0.1, 0.15) is 12.2 Å². The Hall–Kier alpha value is -2.95. The molecule has 0 bridgehead atoms. The minimum absolute atomic E-state index is 0.114. The summed E-state index contributed by atoms with van der Waals surface area (Å²) in [7, 11) is 1.54. The van der Waals surface area contributed by atoms with Gasteiger partial charge in [0.05, 0.1) is 7.11 Å². The maximum absolute atomic E-state index is 11.0. The highest BCUT2D eigenvalue weighted by Crippen LogP contribution is 2.34. The summed E-state index contributed by atoms with van der Waals surface area (Å²) in [5, 5.41) is 9.63. The van der Waals surface area contributed by atoms with Gasteiger partial charge in [0, 0.05) is 11.5 Å². The maximum Gasteiger partial charge on any atom is 0.371 e. The molecule has 0 saturated carbocycles. The second kappa shape index (κ2) is 5.81. The number of carboxylic acids is 1. The Morgan fingerprint density at radius 1 is 1.14 bits per heavy atom. The van der Waals surface area contributed by atoms with E-state index in [0.717, 1.165) is 5.56 Å². The molecule has 5 nitrogen and oxygen atoms in total. The number of hydrogen-bond donors (Lipinski definition) is 1. The quantitative estimate of drug-likeness (QED) is 0.777. The molecule has 5 heteroatoms. The van der Waals surface area contributed by atoms with E-state index in [1.165, 1.54) is 13.2 Å². The van der Waals surface area contributed by atoms with E-state index in [2.05, 4.69) is 0 Å². The van der Waals surface area contributed by atoms with Gasteiger partial charge in [-0.25, -0.2) is 4.79 Å². The van der Waals surface area contributed by atoms with Crippen molar-refractivity contribution in [3.63, 3.8) is 0 Å². The Balaban J connectivity index is 1.92. The minimum atomic E-state index is -1.11. The summed E-state index contributed by atoms with van der Waals surface area (Å²) in [6, 6.07) is 14.5. The second-order valence-corrected chi connectivity index (χ2v) is 4.73. The zero-order chi connectivity index (χ0) is 15.5. The third-order valence-corrected chi connectivity index (χ3v) is 3.25. The fraction of sp³-hybridized carbons (Fsp3) is 0.118. The number of fused-ring (bicyclic) bond motifs is 1. The van der Waals surface area contributed by atoms with Gasteiger partial charge in [-0.05, 0) is 17.7 Å². The van der Waals surface area contributed by atoms with Crippen LogP contribution >= 0.6 is 0 Å². The average molecular weight is 298 g/mol. The van der Waals surface area contributed by atoms with Gasteiger partial charge < -0.3 is 19.0 Å². The highest BCUT2D eigenvalue weighted by atomic mass is 16.5. The van der Waals surface area contributed by atoms with E-state index in [1.54, 1.807) is 12.1 Å². The first-order valence-electron chi connectivity index (χ1n) is 6.69. The number of carboxylic acid groups (broad SMARTS) is 1. The fourth-order valence-corrected chi connectivity index (χ4v) is 2.16. The first-order valence-corrected chi connectivity index (χ1v) is 6.69. The summed E-state index contributed by atoms with van der Waals surface area (Å²) in [4.78, 5) is 11.0. The molecule has 1 heterocycles. The van der Waals surface area contributed by atoms with E-state index in [-0.39, 0.29) is 5.76 Å². The van der Waals surface area contributed by atoms with E-state index in [1.807, 2.05) is 30.3 Å². The van der Waals surface area contributed by atoms with Crippen molar-refractivity contribution >= 4 is 16.9 Å². The number of rotatable bonds is 5. The minimum Gasteiger partial charge on any atom is -0.493 e. The van der Waals surface area contributed by atoms with Crippen molar-refractivity contribution in [2.45, 2.75) is 6.61 Å². The molecule has 0 aliphatic rings. The fourth-order valence-electron chi connectivity index (χ4n) is 2.16. The molecule has 22 heavy (non-hydrogen) atoms. The molecule has 0 spiro atoms. The standard InChI is InChI=1S/C17H14O5/c1-20-14-7-12-8-16(17(18)19)22-13(12)9-15(14)21-10-11-5-3-2-4-6-11/h2-9H,10H2,1H3,(H,18,19). The molecule has 1 N–H and O–H groups in total. The molecular formula is C17H14O5. The number of aromatic carboxylic acids is 1. The summed E-state index contributed by atoms with van der Waals surface area (Å²) in [5.41, 5.74) is 1.47. The molecule has 112 valence electrons. The van der Waals surface area contributed by atoms with Crippen LogP contribution in [-0.2, 0) is 6.61 Å². The van der Waals surface area contributed by atoms with Crippen molar-refractivity contribution in [1.29, 1.82) is 0 Å². The molecular weight excluding hydrogens is 284 g/mol. The van der Waals surface area contributed by atoms with Crippen LogP contribution in [-0.4, -0.2) is 18.2 Å². The van der Waals surface area contributed by atoms with E-state index in [0.29, 0.717) is 29.1 Å². The number of methoxy groups -OCH3 is 1. The van der Waals surface area contributed by atoms with Gasteiger partial charge in [-0.2, -0.15) is 0 Å². The lowest BCUT2D eigenvalue weighted by atomic mass is 10.2. The summed E-state index contributed by atoms with van der Waals surface area (Å²) in [6.45, 7) is 0.384. The first-order chi connectivity index (χ1) is 10.7. The third-order valence-electron chi connectivity index (χ3n) is 3.25. The van der Waals surface area contributed by atoms with Crippen molar-refractivity contribution in [2.24, 2.45) is 0 Å². The predicted octanol–water partition coefficient (Wildman–Crippen LogP) is 3.72. The Kier molecular flexibility index (Phi) is 3.70. The Bertz CT molecular complexity index is 805. The van der Waals surface area contributed by atoms with Crippen molar-refractivity contribution < 1.29 is 23.8 Å². The SMILES string of the molecule is COc1cc2cc(C(=O)O)oc2cc1OCc1ccccc1. The van der Waals surface area contributed by atoms with Crippen molar-refractivity contribution in [3.05, 3.63) is 59.9 Å². The van der Waals surface area contributed by atoms with Crippen molar-refractivity contribution in [1.82, 2.24) is 0 Å². The molecule has 3 rings (SSSR count). The molecule has 0 aliphatic carbocycles. The van der Waals surface area contributed by atoms with Crippen LogP contribution in [0.1, 0.15) is 16.1 Å². The number of furan rings is 1. The van der Waals surface area contributed by atoms with E-state index in [4.69, 9.17) is 19.0 Å². The molecule has 0 unspecified atom stereocenters. The molecule has 0 atom stereocenters. The predicted molar refractivity (Wildman–Crippen MR) is 80.5 cm³/mol. The van der Waals surface area contributed by atoms with Crippen LogP contribution < -0.4 is 9.47 Å². The molecule has 0 amide bonds. The van der Waals surface area contributed by atoms with Crippen LogP contribution in [0.3, 0.4) is 0 Å². The van der Waals surface area contributed by atoms with Crippen molar-refractivity contribution in [3.8, 4) is 11.5 Å². The molecule has 1 aromatic heterocycles. The Labute approximate surface area is 126 Å². The smallest absolute Gasteiger partial charge is 0.371 e. The summed E-state index contributed by atoms with van der Waals surface area (Å²) in [6.07, 6.45) is 0. The topological polar surface area (TPSA) is 68.9 Å². The van der Waals surface area contributed by atoms with Gasteiger partial charge in [0.25, 0.3) is 0 Å². The lowest BCUT2D eigenvalue weighted by Crippen LogP contribution is -1.97. The van der Waals surface area contributed by atoms with Gasteiger partial charge in [0.15, 0.2) is 11.5 Å². The largest absolute Gasteiger partial charge is 0.493 e. The van der Waals surface area contributed by atoms with Gasteiger partial charge in [0.2, 0.25) is 5.76 Å². The summed E-state index contributed by atoms with van der Waals surface area (Å²) in [5.74, 6) is -0.189. The second-order valence-electron chi connectivity index (χ2n) is 4.73. The van der Waals surface area contributed by atoms with Gasteiger partial charge >= 0.3 is 5.97 Å². The van der Waals surface area contributed by atoms with Gasteiger partial charge in [-0.15, -0.1) is 0 Å². The van der Waals surface area contributed by atoms with Crippen LogP contribution in [0.5, 0.6) is 11.5 Å². The van der Waals surface area contributed by atoms with E-state index in [9.17, 15) is 4.79 Å². The Morgan fingerprint density at radius 2 is 1.91 bits per heavy atom. The molecule has 3 aromatic rings. The van der Waals surface area contributed by atoms with E-state index < -0.39 is 5.97 Å². The molecule has 2 aromatic carbocycles. The zero-order valence-electron chi connectivity index (χ0n) is 11.9. The van der Waals surface area contributed by atoms with Gasteiger partial charge in [-0.1, -0.05) is 30.3 Å². The molecule has 0 radical (unpaired) electrons. The highest BCUT2D eigenvalue weighted by molar-refractivity contribution is 5.92. The van der Waals surface area contributed by atoms with Crippen molar-refractivity contribution in [2.75, 3.05) is 7.11 Å². The monoisotopic (exact) mass is 298 g/mol. The van der Waals surface area contributed by atoms with Gasteiger partial charge in [-0.3, -0.25) is 0 Å². The van der Waals surface area contributed by atoms with Crippen LogP contribution in [0.4, 0.5) is 0 Å². The van der Waals surface area contributed by atoms with Crippen LogP contribution in [0, 0.1) is 0 Å². The molecule has 0 aliphatic heterocycles. The van der Waals surface area contributed by atoms with Crippen LogP contribution in [0.2, 0.25) is 0 Å². The van der Waals surface area contributed by atoms with Crippen LogP contribution in [0.15, 0.2) is 52.9 Å². The molecule has 0 fully saturated rings.